The van der Waals surface area contributed by atoms with Crippen LogP contribution in [0, 0.1) is 21.8 Å². The molecule has 2 N–H and O–H groups in total. The minimum Gasteiger partial charge on any atom is -0.465 e. The van der Waals surface area contributed by atoms with Crippen LogP contribution < -0.4 is 5.32 Å². The van der Waals surface area contributed by atoms with Crippen molar-refractivity contribution in [1.29, 1.82) is 0 Å². The zero-order valence-corrected chi connectivity index (χ0v) is 14.2. The van der Waals surface area contributed by atoms with Gasteiger partial charge in [-0.3, -0.25) is 20.4 Å². The van der Waals surface area contributed by atoms with Crippen molar-refractivity contribution < 1.29 is 19.2 Å². The number of carbonyl (C=O) groups is 1. The van der Waals surface area contributed by atoms with E-state index in [1.807, 2.05) is 0 Å². The number of carboxylic acid groups (broad SMARTS) is 1. The molecule has 0 bridgehead atoms. The summed E-state index contributed by atoms with van der Waals surface area (Å²) in [6.45, 7) is 0. The summed E-state index contributed by atoms with van der Waals surface area (Å²) in [5.74, 6) is 0.0695. The number of rotatable bonds is 2. The highest BCUT2D eigenvalue weighted by Gasteiger charge is 2.46. The smallest absolute Gasteiger partial charge is 0.410 e. The van der Waals surface area contributed by atoms with Crippen molar-refractivity contribution in [2.24, 2.45) is 10.9 Å². The van der Waals surface area contributed by atoms with Gasteiger partial charge < -0.3 is 5.11 Å². The van der Waals surface area contributed by atoms with Gasteiger partial charge in [-0.1, -0.05) is 31.0 Å². The number of amides is 1. The van der Waals surface area contributed by atoms with Crippen molar-refractivity contribution in [2.45, 2.75) is 37.6 Å². The van der Waals surface area contributed by atoms with E-state index in [9.17, 15) is 19.3 Å². The maximum atomic E-state index is 14.7. The van der Waals surface area contributed by atoms with Gasteiger partial charge in [0.1, 0.15) is 5.82 Å². The van der Waals surface area contributed by atoms with Crippen LogP contribution in [0.15, 0.2) is 23.2 Å². The Morgan fingerprint density at radius 1 is 1.44 bits per heavy atom. The summed E-state index contributed by atoms with van der Waals surface area (Å²) in [7, 11) is 0. The van der Waals surface area contributed by atoms with Crippen LogP contribution in [0.5, 0.6) is 0 Å². The molecule has 9 heteroatoms. The van der Waals surface area contributed by atoms with E-state index in [0.717, 1.165) is 37.8 Å². The van der Waals surface area contributed by atoms with Crippen LogP contribution in [0.2, 0.25) is 0 Å². The van der Waals surface area contributed by atoms with Crippen LogP contribution in [-0.2, 0) is 5.54 Å². The van der Waals surface area contributed by atoms with Gasteiger partial charge in [-0.05, 0) is 24.8 Å². The third kappa shape index (κ3) is 3.46. The Hall–Kier alpha value is -2.16. The lowest BCUT2D eigenvalue weighted by molar-refractivity contribution is -0.385. The number of thioether (sulfide) groups is 1. The average molecular weight is 367 g/mol. The molecule has 1 heterocycles. The first-order chi connectivity index (χ1) is 11.9. The van der Waals surface area contributed by atoms with E-state index in [4.69, 9.17) is 5.11 Å². The number of benzene rings is 1. The second-order valence-corrected chi connectivity index (χ2v) is 7.31. The van der Waals surface area contributed by atoms with E-state index >= 15 is 0 Å². The van der Waals surface area contributed by atoms with Crippen LogP contribution in [0.1, 0.15) is 37.7 Å². The molecule has 0 aromatic heterocycles. The monoisotopic (exact) mass is 367 g/mol. The third-order valence-corrected chi connectivity index (χ3v) is 5.89. The molecule has 1 aliphatic heterocycles. The van der Waals surface area contributed by atoms with E-state index in [2.05, 4.69) is 10.3 Å². The molecular weight excluding hydrogens is 349 g/mol. The minimum atomic E-state index is -1.23. The number of nitrogens with zero attached hydrogens (tertiary/aromatic N) is 2. The molecule has 7 nitrogen and oxygen atoms in total. The molecule has 134 valence electrons. The lowest BCUT2D eigenvalue weighted by atomic mass is 9.75. The summed E-state index contributed by atoms with van der Waals surface area (Å²) in [6, 6.07) is 3.50. The third-order valence-electron chi connectivity index (χ3n) is 4.85. The molecule has 2 atom stereocenters. The fourth-order valence-corrected chi connectivity index (χ4v) is 4.88. The fraction of sp³-hybridized carbons (Fsp3) is 0.500. The van der Waals surface area contributed by atoms with Crippen molar-refractivity contribution in [3.8, 4) is 0 Å². The highest BCUT2D eigenvalue weighted by molar-refractivity contribution is 8.13. The molecule has 3 rings (SSSR count). The Morgan fingerprint density at radius 3 is 2.96 bits per heavy atom. The maximum absolute atomic E-state index is 14.7. The van der Waals surface area contributed by atoms with Crippen LogP contribution in [0.3, 0.4) is 0 Å². The van der Waals surface area contributed by atoms with Crippen LogP contribution in [0.25, 0.3) is 0 Å². The number of non-ortho nitro benzene ring substituents is 1. The number of aliphatic imine (C=N–C) groups is 1. The summed E-state index contributed by atoms with van der Waals surface area (Å²) < 4.78 is 14.7. The number of amidine groups is 1. The quantitative estimate of drug-likeness (QED) is 0.610. The average Bonchev–Trinajstić information content (AvgIpc) is 2.77. The van der Waals surface area contributed by atoms with Gasteiger partial charge in [0, 0.05) is 23.4 Å². The molecular formula is C16H18FN3O4S. The maximum Gasteiger partial charge on any atom is 0.410 e. The van der Waals surface area contributed by atoms with Gasteiger partial charge in [-0.2, -0.15) is 0 Å². The first-order valence-corrected chi connectivity index (χ1v) is 9.08. The predicted molar refractivity (Wildman–Crippen MR) is 92.4 cm³/mol. The number of nitrogens with one attached hydrogen (secondary N) is 1. The van der Waals surface area contributed by atoms with Gasteiger partial charge in [0.2, 0.25) is 0 Å². The molecule has 1 saturated carbocycles. The highest BCUT2D eigenvalue weighted by Crippen LogP contribution is 2.49. The number of fused-ring (bicyclic) bond motifs is 1. The van der Waals surface area contributed by atoms with E-state index in [1.54, 1.807) is 0 Å². The minimum absolute atomic E-state index is 0.0100. The summed E-state index contributed by atoms with van der Waals surface area (Å²) in [6.07, 6.45) is 2.93. The van der Waals surface area contributed by atoms with Crippen molar-refractivity contribution >= 4 is 28.7 Å². The Balaban J connectivity index is 2.15. The zero-order chi connectivity index (χ0) is 18.0. The van der Waals surface area contributed by atoms with Crippen LogP contribution >= 0.6 is 11.8 Å². The van der Waals surface area contributed by atoms with E-state index in [-0.39, 0.29) is 22.3 Å². The van der Waals surface area contributed by atoms with Gasteiger partial charge in [0.15, 0.2) is 5.17 Å². The summed E-state index contributed by atoms with van der Waals surface area (Å²) in [5.41, 5.74) is -0.955. The summed E-state index contributed by atoms with van der Waals surface area (Å²) in [4.78, 5) is 26.2. The van der Waals surface area contributed by atoms with Crippen LogP contribution in [-0.4, -0.2) is 27.0 Å². The molecule has 2 unspecified atom stereocenters. The number of halogens is 1. The Labute approximate surface area is 147 Å². The largest absolute Gasteiger partial charge is 0.465 e. The van der Waals surface area contributed by atoms with Gasteiger partial charge in [0.05, 0.1) is 10.5 Å². The number of hydrogen-bond donors (Lipinski definition) is 2. The molecule has 25 heavy (non-hydrogen) atoms. The predicted octanol–water partition coefficient (Wildman–Crippen LogP) is 3.88. The Morgan fingerprint density at radius 2 is 2.24 bits per heavy atom. The van der Waals surface area contributed by atoms with E-state index in [0.29, 0.717) is 12.2 Å². The van der Waals surface area contributed by atoms with Crippen molar-refractivity contribution in [3.63, 3.8) is 0 Å². The topological polar surface area (TPSA) is 105 Å². The molecule has 0 radical (unpaired) electrons. The molecule has 0 spiro atoms. The van der Waals surface area contributed by atoms with Gasteiger partial charge in [-0.15, -0.1) is 0 Å². The SMILES string of the molecule is O=C(O)NC1=NC2(c3cc([N+](=O)[O-])ccc3F)CCCCCC2CS1. The van der Waals surface area contributed by atoms with E-state index < -0.39 is 22.4 Å². The summed E-state index contributed by atoms with van der Waals surface area (Å²) >= 11 is 1.30. The van der Waals surface area contributed by atoms with Crippen molar-refractivity contribution in [1.82, 2.24) is 5.32 Å². The zero-order valence-electron chi connectivity index (χ0n) is 13.4. The Bertz CT molecular complexity index is 742. The molecule has 1 amide bonds. The molecule has 2 aliphatic rings. The molecule has 0 saturated heterocycles. The van der Waals surface area contributed by atoms with Crippen molar-refractivity contribution in [2.75, 3.05) is 5.75 Å². The second-order valence-electron chi connectivity index (χ2n) is 6.30. The van der Waals surface area contributed by atoms with Crippen LogP contribution in [0.4, 0.5) is 14.9 Å². The molecule has 1 fully saturated rings. The van der Waals surface area contributed by atoms with Gasteiger partial charge in [0.25, 0.3) is 5.69 Å². The molecule has 1 aromatic carbocycles. The first-order valence-electron chi connectivity index (χ1n) is 8.09. The van der Waals surface area contributed by atoms with Crippen molar-refractivity contribution in [3.05, 3.63) is 39.7 Å². The van der Waals surface area contributed by atoms with E-state index in [1.165, 1.54) is 17.8 Å². The molecule has 1 aliphatic carbocycles. The summed E-state index contributed by atoms with van der Waals surface area (Å²) in [5, 5.41) is 22.6. The molecule has 1 aromatic rings. The lowest BCUT2D eigenvalue weighted by Crippen LogP contribution is -2.42. The number of hydrogen-bond acceptors (Lipinski definition) is 5. The first kappa shape index (κ1) is 17.7. The Kier molecular flexibility index (Phi) is 4.94. The highest BCUT2D eigenvalue weighted by atomic mass is 32.2. The normalized spacial score (nSPS) is 26.1. The number of nitro groups is 1. The fourth-order valence-electron chi connectivity index (χ4n) is 3.70. The van der Waals surface area contributed by atoms with Gasteiger partial charge >= 0.3 is 6.09 Å². The number of nitro benzene ring substituents is 1. The standard InChI is InChI=1S/C16H18FN3O4S/c17-13-6-5-11(20(23)24)8-12(13)16-7-3-1-2-4-10(16)9-25-14(19-16)18-15(21)22/h5-6,8,10H,1-4,7,9H2,(H,18,19)(H,21,22). The second kappa shape index (κ2) is 6.99. The lowest BCUT2D eigenvalue weighted by Gasteiger charge is -2.40. The van der Waals surface area contributed by atoms with Gasteiger partial charge in [-0.25, -0.2) is 9.18 Å².